The van der Waals surface area contributed by atoms with E-state index in [1.807, 2.05) is 11.6 Å². The van der Waals surface area contributed by atoms with Crippen molar-refractivity contribution in [2.75, 3.05) is 11.1 Å². The minimum atomic E-state index is 0.449. The maximum Gasteiger partial charge on any atom is 0.148 e. The van der Waals surface area contributed by atoms with Crippen molar-refractivity contribution in [2.24, 2.45) is 0 Å². The van der Waals surface area contributed by atoms with E-state index in [9.17, 15) is 0 Å². The molecule has 1 aromatic heterocycles. The fraction of sp³-hybridized carbons (Fsp3) is 0.769. The van der Waals surface area contributed by atoms with Gasteiger partial charge in [-0.25, -0.2) is 4.68 Å². The molecule has 0 spiro atoms. The van der Waals surface area contributed by atoms with Crippen LogP contribution in [0.15, 0.2) is 0 Å². The van der Waals surface area contributed by atoms with Crippen LogP contribution in [-0.2, 0) is 6.54 Å². The number of nitrogens with zero attached hydrogens (tertiary/aromatic N) is 2. The van der Waals surface area contributed by atoms with Gasteiger partial charge in [0.15, 0.2) is 0 Å². The standard InChI is InChI=1S/C13H26N4/c1-5-7-8-9-10(3)15-13-12(14)11(4)16-17(13)6-2/h10,15H,5-9,14H2,1-4H3. The third-order valence-electron chi connectivity index (χ3n) is 3.10. The van der Waals surface area contributed by atoms with Crippen molar-refractivity contribution in [3.8, 4) is 0 Å². The van der Waals surface area contributed by atoms with Gasteiger partial charge in [-0.15, -0.1) is 0 Å². The van der Waals surface area contributed by atoms with E-state index < -0.39 is 0 Å². The summed E-state index contributed by atoms with van der Waals surface area (Å²) in [6, 6.07) is 0.449. The quantitative estimate of drug-likeness (QED) is 0.717. The summed E-state index contributed by atoms with van der Waals surface area (Å²) in [5.41, 5.74) is 7.73. The molecule has 0 fully saturated rings. The molecule has 1 heterocycles. The Bertz CT molecular complexity index is 343. The molecule has 0 aliphatic rings. The van der Waals surface area contributed by atoms with E-state index in [4.69, 9.17) is 5.73 Å². The number of anilines is 2. The Kier molecular flexibility index (Phi) is 5.32. The molecule has 1 aromatic rings. The average molecular weight is 238 g/mol. The van der Waals surface area contributed by atoms with Crippen molar-refractivity contribution >= 4 is 11.5 Å². The molecule has 0 radical (unpaired) electrons. The third-order valence-corrected chi connectivity index (χ3v) is 3.10. The fourth-order valence-electron chi connectivity index (χ4n) is 1.98. The molecule has 98 valence electrons. The molecule has 1 atom stereocenters. The Morgan fingerprint density at radius 1 is 1.35 bits per heavy atom. The molecule has 1 rings (SSSR count). The van der Waals surface area contributed by atoms with Crippen molar-refractivity contribution in [2.45, 2.75) is 66.0 Å². The normalized spacial score (nSPS) is 12.7. The first kappa shape index (κ1) is 13.9. The number of unbranched alkanes of at least 4 members (excludes halogenated alkanes) is 2. The van der Waals surface area contributed by atoms with Gasteiger partial charge in [0.2, 0.25) is 0 Å². The van der Waals surface area contributed by atoms with E-state index in [0.29, 0.717) is 6.04 Å². The van der Waals surface area contributed by atoms with Gasteiger partial charge >= 0.3 is 0 Å². The molecule has 0 bridgehead atoms. The molecule has 0 aliphatic heterocycles. The lowest BCUT2D eigenvalue weighted by Gasteiger charge is -2.16. The summed E-state index contributed by atoms with van der Waals surface area (Å²) < 4.78 is 1.95. The summed E-state index contributed by atoms with van der Waals surface area (Å²) in [6.07, 6.45) is 5.01. The van der Waals surface area contributed by atoms with Crippen LogP contribution >= 0.6 is 0 Å². The van der Waals surface area contributed by atoms with Gasteiger partial charge in [-0.3, -0.25) is 0 Å². The summed E-state index contributed by atoms with van der Waals surface area (Å²) in [6.45, 7) is 9.32. The highest BCUT2D eigenvalue weighted by Crippen LogP contribution is 2.23. The van der Waals surface area contributed by atoms with E-state index in [1.54, 1.807) is 0 Å². The molecular formula is C13H26N4. The average Bonchev–Trinajstić information content (AvgIpc) is 2.57. The summed E-state index contributed by atoms with van der Waals surface area (Å²) in [5, 5.41) is 7.89. The van der Waals surface area contributed by atoms with Gasteiger partial charge in [0, 0.05) is 12.6 Å². The van der Waals surface area contributed by atoms with Crippen molar-refractivity contribution in [3.05, 3.63) is 5.69 Å². The van der Waals surface area contributed by atoms with Crippen LogP contribution in [0.3, 0.4) is 0 Å². The van der Waals surface area contributed by atoms with Gasteiger partial charge < -0.3 is 11.1 Å². The smallest absolute Gasteiger partial charge is 0.148 e. The van der Waals surface area contributed by atoms with Gasteiger partial charge in [-0.2, -0.15) is 5.10 Å². The Hall–Kier alpha value is -1.19. The number of nitrogens with one attached hydrogen (secondary N) is 1. The van der Waals surface area contributed by atoms with Crippen molar-refractivity contribution in [1.29, 1.82) is 0 Å². The Labute approximate surface area is 105 Å². The van der Waals surface area contributed by atoms with Gasteiger partial charge in [0.25, 0.3) is 0 Å². The first-order valence-electron chi connectivity index (χ1n) is 6.69. The van der Waals surface area contributed by atoms with Crippen molar-refractivity contribution < 1.29 is 0 Å². The largest absolute Gasteiger partial charge is 0.394 e. The van der Waals surface area contributed by atoms with Crippen LogP contribution < -0.4 is 11.1 Å². The molecule has 4 heteroatoms. The van der Waals surface area contributed by atoms with Crippen LogP contribution in [0.2, 0.25) is 0 Å². The lowest BCUT2D eigenvalue weighted by Crippen LogP contribution is -2.18. The Balaban J connectivity index is 2.60. The molecule has 17 heavy (non-hydrogen) atoms. The zero-order valence-electron chi connectivity index (χ0n) is 11.6. The Morgan fingerprint density at radius 2 is 2.06 bits per heavy atom. The van der Waals surface area contributed by atoms with E-state index in [1.165, 1.54) is 25.7 Å². The SMILES string of the molecule is CCCCCC(C)Nc1c(N)c(C)nn1CC. The monoisotopic (exact) mass is 238 g/mol. The maximum atomic E-state index is 6.04. The molecular weight excluding hydrogens is 212 g/mol. The zero-order valence-corrected chi connectivity index (χ0v) is 11.6. The first-order chi connectivity index (χ1) is 8.10. The number of rotatable bonds is 7. The van der Waals surface area contributed by atoms with E-state index in [-0.39, 0.29) is 0 Å². The molecule has 0 saturated carbocycles. The van der Waals surface area contributed by atoms with E-state index in [2.05, 4.69) is 31.2 Å². The molecule has 0 aliphatic carbocycles. The molecule has 0 saturated heterocycles. The fourth-order valence-corrected chi connectivity index (χ4v) is 1.98. The first-order valence-corrected chi connectivity index (χ1v) is 6.69. The minimum Gasteiger partial charge on any atom is -0.394 e. The second-order valence-corrected chi connectivity index (χ2v) is 4.70. The van der Waals surface area contributed by atoms with Crippen LogP contribution in [0.4, 0.5) is 11.5 Å². The van der Waals surface area contributed by atoms with Crippen molar-refractivity contribution in [3.63, 3.8) is 0 Å². The second kappa shape index (κ2) is 6.52. The second-order valence-electron chi connectivity index (χ2n) is 4.70. The number of hydrogen-bond donors (Lipinski definition) is 2. The summed E-state index contributed by atoms with van der Waals surface area (Å²) in [5.74, 6) is 0.981. The van der Waals surface area contributed by atoms with Crippen LogP contribution in [0.5, 0.6) is 0 Å². The summed E-state index contributed by atoms with van der Waals surface area (Å²) >= 11 is 0. The number of nitrogens with two attached hydrogens (primary N) is 1. The van der Waals surface area contributed by atoms with Crippen LogP contribution in [0, 0.1) is 6.92 Å². The van der Waals surface area contributed by atoms with Gasteiger partial charge in [0.05, 0.1) is 11.4 Å². The molecule has 3 N–H and O–H groups in total. The highest BCUT2D eigenvalue weighted by Gasteiger charge is 2.13. The lowest BCUT2D eigenvalue weighted by molar-refractivity contribution is 0.599. The molecule has 1 unspecified atom stereocenters. The van der Waals surface area contributed by atoms with Gasteiger partial charge in [-0.05, 0) is 27.2 Å². The number of aryl methyl sites for hydroxylation is 2. The number of hydrogen-bond acceptors (Lipinski definition) is 3. The van der Waals surface area contributed by atoms with Crippen molar-refractivity contribution in [1.82, 2.24) is 9.78 Å². The summed E-state index contributed by atoms with van der Waals surface area (Å²) in [7, 11) is 0. The van der Waals surface area contributed by atoms with Gasteiger partial charge in [-0.1, -0.05) is 26.2 Å². The molecule has 0 amide bonds. The summed E-state index contributed by atoms with van der Waals surface area (Å²) in [4.78, 5) is 0. The lowest BCUT2D eigenvalue weighted by atomic mass is 10.1. The minimum absolute atomic E-state index is 0.449. The van der Waals surface area contributed by atoms with Crippen LogP contribution in [0.1, 0.15) is 52.1 Å². The highest BCUT2D eigenvalue weighted by atomic mass is 15.3. The predicted molar refractivity (Wildman–Crippen MR) is 74.3 cm³/mol. The Morgan fingerprint density at radius 3 is 2.65 bits per heavy atom. The molecule has 0 aromatic carbocycles. The topological polar surface area (TPSA) is 55.9 Å². The van der Waals surface area contributed by atoms with Crippen LogP contribution in [0.25, 0.3) is 0 Å². The van der Waals surface area contributed by atoms with E-state index >= 15 is 0 Å². The van der Waals surface area contributed by atoms with Gasteiger partial charge in [0.1, 0.15) is 5.82 Å². The third kappa shape index (κ3) is 3.65. The van der Waals surface area contributed by atoms with E-state index in [0.717, 1.165) is 23.7 Å². The van der Waals surface area contributed by atoms with Crippen LogP contribution in [-0.4, -0.2) is 15.8 Å². The predicted octanol–water partition coefficient (Wildman–Crippen LogP) is 3.17. The molecule has 4 nitrogen and oxygen atoms in total. The number of aromatic nitrogens is 2. The number of nitrogen functional groups attached to an aromatic ring is 1. The highest BCUT2D eigenvalue weighted by molar-refractivity contribution is 5.65. The zero-order chi connectivity index (χ0) is 12.8. The maximum absolute atomic E-state index is 6.04.